The zero-order valence-corrected chi connectivity index (χ0v) is 24.6. The minimum absolute atomic E-state index is 0.0430. The van der Waals surface area contributed by atoms with Crippen LogP contribution in [0.25, 0.3) is 0 Å². The summed E-state index contributed by atoms with van der Waals surface area (Å²) < 4.78 is 28.7. The Morgan fingerprint density at radius 1 is 0.925 bits per heavy atom. The third-order valence-corrected chi connectivity index (χ3v) is 9.52. The molecule has 1 aliphatic rings. The highest BCUT2D eigenvalue weighted by Crippen LogP contribution is 2.27. The Kier molecular flexibility index (Phi) is 10.1. The maximum atomic E-state index is 14.1. The molecule has 0 heterocycles. The van der Waals surface area contributed by atoms with E-state index in [-0.39, 0.29) is 29.1 Å². The van der Waals surface area contributed by atoms with Gasteiger partial charge in [0.05, 0.1) is 10.6 Å². The maximum Gasteiger partial charge on any atom is 0.264 e. The van der Waals surface area contributed by atoms with Gasteiger partial charge in [-0.2, -0.15) is 0 Å². The lowest BCUT2D eigenvalue weighted by Crippen LogP contribution is -2.53. The Morgan fingerprint density at radius 2 is 1.55 bits per heavy atom. The molecule has 0 unspecified atom stereocenters. The molecule has 2 amide bonds. The second-order valence-corrected chi connectivity index (χ2v) is 12.5. The van der Waals surface area contributed by atoms with E-state index in [1.54, 1.807) is 60.7 Å². The van der Waals surface area contributed by atoms with Gasteiger partial charge in [-0.05, 0) is 67.3 Å². The van der Waals surface area contributed by atoms with Gasteiger partial charge in [-0.1, -0.05) is 79.4 Å². The van der Waals surface area contributed by atoms with Crippen molar-refractivity contribution < 1.29 is 18.0 Å². The van der Waals surface area contributed by atoms with Gasteiger partial charge in [-0.25, -0.2) is 8.42 Å². The Hall–Kier alpha value is -3.07. The van der Waals surface area contributed by atoms with Crippen LogP contribution < -0.4 is 9.62 Å². The Balaban J connectivity index is 1.71. The number of hydrogen-bond donors (Lipinski definition) is 1. The lowest BCUT2D eigenvalue weighted by Gasteiger charge is -2.34. The molecule has 0 radical (unpaired) electrons. The lowest BCUT2D eigenvalue weighted by atomic mass is 10.1. The van der Waals surface area contributed by atoms with Crippen LogP contribution in [-0.4, -0.2) is 43.8 Å². The summed E-state index contributed by atoms with van der Waals surface area (Å²) >= 11 is 12.5. The molecule has 1 atom stereocenters. The highest BCUT2D eigenvalue weighted by atomic mass is 35.5. The summed E-state index contributed by atoms with van der Waals surface area (Å²) in [6.45, 7) is 1.37. The van der Waals surface area contributed by atoms with E-state index in [0.29, 0.717) is 22.0 Å². The molecule has 0 spiro atoms. The minimum atomic E-state index is -4.13. The SMILES string of the molecule is CC[C@@H](C(=O)NC1CCCC1)N(Cc1ccccc1Cl)C(=O)CN(c1ccc(Cl)cc1)S(=O)(=O)c1ccccc1. The molecule has 0 aromatic heterocycles. The van der Waals surface area contributed by atoms with Crippen LogP contribution in [0.1, 0.15) is 44.6 Å². The van der Waals surface area contributed by atoms with Gasteiger partial charge in [0.2, 0.25) is 11.8 Å². The summed E-state index contributed by atoms with van der Waals surface area (Å²) in [5.74, 6) is -0.776. The normalized spacial score (nSPS) is 14.5. The molecular formula is C30H33Cl2N3O4S. The van der Waals surface area contributed by atoms with Crippen molar-refractivity contribution in [1.29, 1.82) is 0 Å². The number of amides is 2. The van der Waals surface area contributed by atoms with Gasteiger partial charge in [-0.15, -0.1) is 0 Å². The van der Waals surface area contributed by atoms with E-state index in [2.05, 4.69) is 5.32 Å². The fraction of sp³-hybridized carbons (Fsp3) is 0.333. The Morgan fingerprint density at radius 3 is 2.17 bits per heavy atom. The summed E-state index contributed by atoms with van der Waals surface area (Å²) in [5.41, 5.74) is 0.941. The highest BCUT2D eigenvalue weighted by Gasteiger charge is 2.34. The minimum Gasteiger partial charge on any atom is -0.352 e. The largest absolute Gasteiger partial charge is 0.352 e. The first-order valence-electron chi connectivity index (χ1n) is 13.4. The average Bonchev–Trinajstić information content (AvgIpc) is 3.46. The van der Waals surface area contributed by atoms with E-state index >= 15 is 0 Å². The topological polar surface area (TPSA) is 86.8 Å². The quantitative estimate of drug-likeness (QED) is 0.289. The van der Waals surface area contributed by atoms with Crippen molar-refractivity contribution in [2.24, 2.45) is 0 Å². The van der Waals surface area contributed by atoms with E-state index in [0.717, 1.165) is 30.0 Å². The fourth-order valence-electron chi connectivity index (χ4n) is 4.95. The van der Waals surface area contributed by atoms with E-state index in [9.17, 15) is 18.0 Å². The molecule has 40 heavy (non-hydrogen) atoms. The molecule has 0 aliphatic heterocycles. The number of nitrogens with one attached hydrogen (secondary N) is 1. The maximum absolute atomic E-state index is 14.1. The van der Waals surface area contributed by atoms with Crippen LogP contribution >= 0.6 is 23.2 Å². The first kappa shape index (κ1) is 29.9. The molecule has 0 bridgehead atoms. The first-order valence-corrected chi connectivity index (χ1v) is 15.6. The van der Waals surface area contributed by atoms with Crippen molar-refractivity contribution in [3.8, 4) is 0 Å². The van der Waals surface area contributed by atoms with Crippen molar-refractivity contribution in [1.82, 2.24) is 10.2 Å². The number of carbonyl (C=O) groups is 2. The molecular weight excluding hydrogens is 569 g/mol. The number of sulfonamides is 1. The molecule has 1 N–H and O–H groups in total. The van der Waals surface area contributed by atoms with E-state index in [1.165, 1.54) is 17.0 Å². The van der Waals surface area contributed by atoms with Crippen LogP contribution in [0.5, 0.6) is 0 Å². The molecule has 10 heteroatoms. The molecule has 0 saturated heterocycles. The predicted octanol–water partition coefficient (Wildman–Crippen LogP) is 6.05. The molecule has 7 nitrogen and oxygen atoms in total. The number of benzene rings is 3. The predicted molar refractivity (Wildman–Crippen MR) is 159 cm³/mol. The standard InChI is InChI=1S/C30H33Cl2N3O4S/c1-2-28(30(37)33-24-11-7-8-12-24)34(20-22-10-6-9-15-27(22)32)29(36)21-35(25-18-16-23(31)17-19-25)40(38,39)26-13-4-3-5-14-26/h3-6,9-10,13-19,24,28H,2,7-8,11-12,20-21H2,1H3,(H,33,37)/t28-/m0/s1. The van der Waals surface area contributed by atoms with E-state index in [4.69, 9.17) is 23.2 Å². The molecule has 4 rings (SSSR count). The Labute approximate surface area is 246 Å². The van der Waals surface area contributed by atoms with E-state index < -0.39 is 28.5 Å². The van der Waals surface area contributed by atoms with Crippen molar-refractivity contribution in [2.45, 2.75) is 62.6 Å². The lowest BCUT2D eigenvalue weighted by molar-refractivity contribution is -0.140. The number of nitrogens with zero attached hydrogens (tertiary/aromatic N) is 2. The molecule has 212 valence electrons. The third-order valence-electron chi connectivity index (χ3n) is 7.11. The molecule has 3 aromatic rings. The van der Waals surface area contributed by atoms with Gasteiger partial charge >= 0.3 is 0 Å². The fourth-order valence-corrected chi connectivity index (χ4v) is 6.71. The number of anilines is 1. The zero-order valence-electron chi connectivity index (χ0n) is 22.3. The number of halogens is 2. The summed E-state index contributed by atoms with van der Waals surface area (Å²) in [6.07, 6.45) is 4.26. The van der Waals surface area contributed by atoms with Gasteiger partial charge in [-0.3, -0.25) is 13.9 Å². The third kappa shape index (κ3) is 7.16. The van der Waals surface area contributed by atoms with Crippen LogP contribution in [0.2, 0.25) is 10.0 Å². The van der Waals surface area contributed by atoms with Gasteiger partial charge in [0.25, 0.3) is 10.0 Å². The van der Waals surface area contributed by atoms with Crippen molar-refractivity contribution in [3.05, 3.63) is 94.5 Å². The monoisotopic (exact) mass is 601 g/mol. The van der Waals surface area contributed by atoms with Crippen LogP contribution in [0, 0.1) is 0 Å². The second kappa shape index (κ2) is 13.5. The van der Waals surface area contributed by atoms with Crippen LogP contribution in [0.15, 0.2) is 83.8 Å². The van der Waals surface area contributed by atoms with Gasteiger partial charge in [0.1, 0.15) is 12.6 Å². The summed E-state index contributed by atoms with van der Waals surface area (Å²) in [4.78, 5) is 29.1. The smallest absolute Gasteiger partial charge is 0.264 e. The Bertz CT molecular complexity index is 1410. The molecule has 1 aliphatic carbocycles. The van der Waals surface area contributed by atoms with Crippen LogP contribution in [0.3, 0.4) is 0 Å². The first-order chi connectivity index (χ1) is 19.2. The summed E-state index contributed by atoms with van der Waals surface area (Å²) in [6, 6.07) is 20.6. The molecule has 1 saturated carbocycles. The highest BCUT2D eigenvalue weighted by molar-refractivity contribution is 7.92. The number of carbonyl (C=O) groups excluding carboxylic acids is 2. The zero-order chi connectivity index (χ0) is 28.7. The van der Waals surface area contributed by atoms with Crippen LogP contribution in [-0.2, 0) is 26.2 Å². The van der Waals surface area contributed by atoms with Gasteiger partial charge < -0.3 is 10.2 Å². The van der Waals surface area contributed by atoms with E-state index in [1.807, 2.05) is 13.0 Å². The summed E-state index contributed by atoms with van der Waals surface area (Å²) in [5, 5.41) is 3.99. The number of hydrogen-bond acceptors (Lipinski definition) is 4. The van der Waals surface area contributed by atoms with Crippen molar-refractivity contribution in [2.75, 3.05) is 10.8 Å². The average molecular weight is 603 g/mol. The molecule has 3 aromatic carbocycles. The summed E-state index contributed by atoms with van der Waals surface area (Å²) in [7, 11) is -4.13. The van der Waals surface area contributed by atoms with Crippen molar-refractivity contribution >= 4 is 50.7 Å². The van der Waals surface area contributed by atoms with Crippen LogP contribution in [0.4, 0.5) is 5.69 Å². The van der Waals surface area contributed by atoms with Gasteiger partial charge in [0, 0.05) is 22.6 Å². The van der Waals surface area contributed by atoms with Gasteiger partial charge in [0.15, 0.2) is 0 Å². The second-order valence-electron chi connectivity index (χ2n) is 9.83. The van der Waals surface area contributed by atoms with Crippen molar-refractivity contribution in [3.63, 3.8) is 0 Å². The number of rotatable bonds is 11. The molecule has 1 fully saturated rings.